The van der Waals surface area contributed by atoms with E-state index in [-0.39, 0.29) is 10.1 Å². The lowest BCUT2D eigenvalue weighted by atomic mass is 10.3. The van der Waals surface area contributed by atoms with Crippen LogP contribution in [0.4, 0.5) is 0 Å². The van der Waals surface area contributed by atoms with Crippen molar-refractivity contribution in [3.05, 3.63) is 17.0 Å². The predicted octanol–water partition coefficient (Wildman–Crippen LogP) is 0.942. The highest BCUT2D eigenvalue weighted by Gasteiger charge is 2.20. The maximum Gasteiger partial charge on any atom is 0.252 e. The number of carbonyl (C=O) groups is 1. The van der Waals surface area contributed by atoms with Crippen LogP contribution in [0.2, 0.25) is 0 Å². The fourth-order valence-electron chi connectivity index (χ4n) is 1.60. The van der Waals surface area contributed by atoms with Crippen molar-refractivity contribution in [1.29, 1.82) is 0 Å². The lowest BCUT2D eigenvalue weighted by molar-refractivity contribution is 0.0937. The van der Waals surface area contributed by atoms with Gasteiger partial charge < -0.3 is 10.1 Å². The maximum atomic E-state index is 11.8. The number of thiophene rings is 1. The molecule has 0 spiro atoms. The number of nitrogens with two attached hydrogens (primary N) is 1. The molecule has 20 heavy (non-hydrogen) atoms. The molecular formula is C12H18N2O4S2. The number of hydrogen-bond donors (Lipinski definition) is 2. The molecule has 8 heteroatoms. The molecule has 1 amide bonds. The molecule has 3 N–H and O–H groups in total. The molecule has 112 valence electrons. The van der Waals surface area contributed by atoms with E-state index in [1.807, 2.05) is 0 Å². The van der Waals surface area contributed by atoms with Crippen molar-refractivity contribution in [3.8, 4) is 0 Å². The van der Waals surface area contributed by atoms with Crippen LogP contribution in [0.5, 0.6) is 0 Å². The number of hydrogen-bond acceptors (Lipinski definition) is 5. The lowest BCUT2D eigenvalue weighted by Crippen LogP contribution is -2.25. The Morgan fingerprint density at radius 1 is 1.50 bits per heavy atom. The lowest BCUT2D eigenvalue weighted by Gasteiger charge is -2.04. The second-order valence-electron chi connectivity index (χ2n) is 4.83. The summed E-state index contributed by atoms with van der Waals surface area (Å²) in [5, 5.41) is 9.19. The third kappa shape index (κ3) is 4.86. The molecular weight excluding hydrogens is 300 g/mol. The summed E-state index contributed by atoms with van der Waals surface area (Å²) < 4.78 is 27.6. The molecule has 0 unspecified atom stereocenters. The fraction of sp³-hybridized carbons (Fsp3) is 0.583. The van der Waals surface area contributed by atoms with Crippen LogP contribution >= 0.6 is 11.3 Å². The van der Waals surface area contributed by atoms with Crippen molar-refractivity contribution >= 4 is 27.3 Å². The summed E-state index contributed by atoms with van der Waals surface area (Å²) in [4.78, 5) is 11.8. The van der Waals surface area contributed by atoms with Crippen molar-refractivity contribution in [1.82, 2.24) is 5.32 Å². The van der Waals surface area contributed by atoms with Crippen LogP contribution in [0.3, 0.4) is 0 Å². The molecule has 0 saturated heterocycles. The summed E-state index contributed by atoms with van der Waals surface area (Å²) in [5.74, 6) is 0.449. The molecule has 0 aromatic carbocycles. The standard InChI is InChI=1S/C12H18N2O4S2/c13-20(16,17)11-6-10(8-19-11)12(15)14-4-1-5-18-7-9-2-3-9/h6,8-9H,1-5,7H2,(H,14,15)(H2,13,16,17). The Hall–Kier alpha value is -0.960. The van der Waals surface area contributed by atoms with Gasteiger partial charge in [-0.05, 0) is 31.2 Å². The molecule has 1 aromatic rings. The summed E-state index contributed by atoms with van der Waals surface area (Å²) in [5.41, 5.74) is 0.318. The van der Waals surface area contributed by atoms with Crippen molar-refractivity contribution in [2.75, 3.05) is 19.8 Å². The van der Waals surface area contributed by atoms with Crippen LogP contribution < -0.4 is 10.5 Å². The second-order valence-corrected chi connectivity index (χ2v) is 7.53. The number of amides is 1. The Kier molecular flexibility index (Phi) is 5.14. The number of nitrogens with one attached hydrogen (secondary N) is 1. The van der Waals surface area contributed by atoms with E-state index >= 15 is 0 Å². The minimum Gasteiger partial charge on any atom is -0.381 e. The average Bonchev–Trinajstić information content (AvgIpc) is 3.04. The predicted molar refractivity (Wildman–Crippen MR) is 76.2 cm³/mol. The molecule has 0 bridgehead atoms. The molecule has 1 aromatic heterocycles. The van der Waals surface area contributed by atoms with Gasteiger partial charge >= 0.3 is 0 Å². The van der Waals surface area contributed by atoms with E-state index in [0.29, 0.717) is 18.7 Å². The third-order valence-corrected chi connectivity index (χ3v) is 5.31. The fourth-order valence-corrected chi connectivity index (χ4v) is 3.18. The minimum absolute atomic E-state index is 0.00424. The first-order chi connectivity index (χ1) is 9.47. The summed E-state index contributed by atoms with van der Waals surface area (Å²) in [6.07, 6.45) is 3.27. The Morgan fingerprint density at radius 2 is 2.25 bits per heavy atom. The maximum absolute atomic E-state index is 11.8. The van der Waals surface area contributed by atoms with Gasteiger partial charge in [0.2, 0.25) is 10.0 Å². The highest BCUT2D eigenvalue weighted by atomic mass is 32.2. The Balaban J connectivity index is 1.67. The van der Waals surface area contributed by atoms with Gasteiger partial charge in [0.25, 0.3) is 5.91 Å². The van der Waals surface area contributed by atoms with Crippen LogP contribution in [0, 0.1) is 5.92 Å². The zero-order valence-corrected chi connectivity index (χ0v) is 12.6. The van der Waals surface area contributed by atoms with Crippen molar-refractivity contribution in [2.24, 2.45) is 11.1 Å². The zero-order chi connectivity index (χ0) is 14.6. The van der Waals surface area contributed by atoms with Crippen LogP contribution in [0.15, 0.2) is 15.7 Å². The van der Waals surface area contributed by atoms with Crippen LogP contribution in [0.25, 0.3) is 0 Å². The number of rotatable bonds is 8. The Labute approximate surface area is 122 Å². The summed E-state index contributed by atoms with van der Waals surface area (Å²) in [6.45, 7) is 1.95. The minimum atomic E-state index is -3.73. The molecule has 1 aliphatic rings. The SMILES string of the molecule is NS(=O)(=O)c1cc(C(=O)NCCCOCC2CC2)cs1. The molecule has 2 rings (SSSR count). The topological polar surface area (TPSA) is 98.5 Å². The number of carbonyl (C=O) groups excluding carboxylic acids is 1. The summed E-state index contributed by atoms with van der Waals surface area (Å²) >= 11 is 0.944. The van der Waals surface area contributed by atoms with Gasteiger partial charge in [0.15, 0.2) is 0 Å². The van der Waals surface area contributed by atoms with Gasteiger partial charge in [-0.1, -0.05) is 0 Å². The molecule has 6 nitrogen and oxygen atoms in total. The van der Waals surface area contributed by atoms with Gasteiger partial charge in [0.1, 0.15) is 4.21 Å². The number of primary sulfonamides is 1. The van der Waals surface area contributed by atoms with E-state index in [9.17, 15) is 13.2 Å². The largest absolute Gasteiger partial charge is 0.381 e. The van der Waals surface area contributed by atoms with E-state index in [0.717, 1.165) is 30.3 Å². The van der Waals surface area contributed by atoms with Crippen molar-refractivity contribution in [2.45, 2.75) is 23.5 Å². The summed E-state index contributed by atoms with van der Waals surface area (Å²) in [6, 6.07) is 1.29. The van der Waals surface area contributed by atoms with E-state index in [1.54, 1.807) is 0 Å². The van der Waals surface area contributed by atoms with Gasteiger partial charge in [0.05, 0.1) is 5.56 Å². The normalized spacial score (nSPS) is 15.2. The van der Waals surface area contributed by atoms with Crippen LogP contribution in [-0.4, -0.2) is 34.1 Å². The number of ether oxygens (including phenoxy) is 1. The highest BCUT2D eigenvalue weighted by molar-refractivity contribution is 7.91. The second kappa shape index (κ2) is 6.66. The van der Waals surface area contributed by atoms with Gasteiger partial charge in [0, 0.05) is 25.1 Å². The third-order valence-electron chi connectivity index (χ3n) is 2.92. The van der Waals surface area contributed by atoms with Crippen LogP contribution in [0.1, 0.15) is 29.6 Å². The van der Waals surface area contributed by atoms with Gasteiger partial charge in [-0.2, -0.15) is 0 Å². The average molecular weight is 318 g/mol. The van der Waals surface area contributed by atoms with E-state index in [4.69, 9.17) is 9.88 Å². The molecule has 0 radical (unpaired) electrons. The van der Waals surface area contributed by atoms with Gasteiger partial charge in [-0.15, -0.1) is 11.3 Å². The molecule has 1 heterocycles. The first-order valence-corrected chi connectivity index (χ1v) is 8.86. The van der Waals surface area contributed by atoms with Crippen molar-refractivity contribution in [3.63, 3.8) is 0 Å². The van der Waals surface area contributed by atoms with Crippen LogP contribution in [-0.2, 0) is 14.8 Å². The Morgan fingerprint density at radius 3 is 2.85 bits per heavy atom. The van der Waals surface area contributed by atoms with Crippen molar-refractivity contribution < 1.29 is 17.9 Å². The van der Waals surface area contributed by atoms with Gasteiger partial charge in [-0.25, -0.2) is 13.6 Å². The molecule has 0 aliphatic heterocycles. The number of sulfonamides is 1. The molecule has 1 aliphatic carbocycles. The Bertz CT molecular complexity index is 564. The molecule has 1 saturated carbocycles. The highest BCUT2D eigenvalue weighted by Crippen LogP contribution is 2.28. The first-order valence-electron chi connectivity index (χ1n) is 6.44. The van der Waals surface area contributed by atoms with E-state index in [1.165, 1.54) is 24.3 Å². The molecule has 0 atom stereocenters. The quantitative estimate of drug-likeness (QED) is 0.697. The first kappa shape index (κ1) is 15.4. The van der Waals surface area contributed by atoms with Gasteiger partial charge in [-0.3, -0.25) is 4.79 Å². The monoisotopic (exact) mass is 318 g/mol. The smallest absolute Gasteiger partial charge is 0.252 e. The van der Waals surface area contributed by atoms with E-state index < -0.39 is 10.0 Å². The van der Waals surface area contributed by atoms with E-state index in [2.05, 4.69) is 5.32 Å². The zero-order valence-electron chi connectivity index (χ0n) is 11.0. The summed E-state index contributed by atoms with van der Waals surface area (Å²) in [7, 11) is -3.73. The molecule has 1 fully saturated rings.